The highest BCUT2D eigenvalue weighted by Crippen LogP contribution is 2.46. The summed E-state index contributed by atoms with van der Waals surface area (Å²) >= 11 is 7.63. The SMILES string of the molecule is CNCCN1C(=O)C(O)C(c2ccc(OC)cc2)Sc2cc(Cl)ccc21. The minimum Gasteiger partial charge on any atom is -0.497 e. The van der Waals surface area contributed by atoms with Crippen molar-refractivity contribution in [2.45, 2.75) is 16.2 Å². The van der Waals surface area contributed by atoms with Gasteiger partial charge in [0.05, 0.1) is 18.0 Å². The lowest BCUT2D eigenvalue weighted by atomic mass is 10.1. The Bertz CT molecular complexity index is 785. The summed E-state index contributed by atoms with van der Waals surface area (Å²) in [4.78, 5) is 15.5. The van der Waals surface area contributed by atoms with E-state index < -0.39 is 11.4 Å². The standard InChI is InChI=1S/C19H21ClN2O3S/c1-21-9-10-22-15-8-5-13(20)11-16(15)26-18(17(23)19(22)24)12-3-6-14(25-2)7-4-12/h3-8,11,17-18,21,23H,9-10H2,1-2H3. The molecule has 7 heteroatoms. The van der Waals surface area contributed by atoms with E-state index in [9.17, 15) is 9.90 Å². The molecule has 138 valence electrons. The van der Waals surface area contributed by atoms with Crippen molar-refractivity contribution in [2.75, 3.05) is 32.1 Å². The number of fused-ring (bicyclic) bond motifs is 1. The predicted molar refractivity (Wildman–Crippen MR) is 105 cm³/mol. The number of benzene rings is 2. The van der Waals surface area contributed by atoms with E-state index in [1.54, 1.807) is 18.1 Å². The first-order valence-corrected chi connectivity index (χ1v) is 9.55. The summed E-state index contributed by atoms with van der Waals surface area (Å²) in [7, 11) is 3.43. The molecule has 0 saturated carbocycles. The molecule has 5 nitrogen and oxygen atoms in total. The second-order valence-electron chi connectivity index (χ2n) is 5.96. The lowest BCUT2D eigenvalue weighted by molar-refractivity contribution is -0.126. The fraction of sp³-hybridized carbons (Fsp3) is 0.316. The van der Waals surface area contributed by atoms with Crippen LogP contribution in [-0.2, 0) is 4.79 Å². The van der Waals surface area contributed by atoms with Gasteiger partial charge < -0.3 is 20.1 Å². The van der Waals surface area contributed by atoms with Crippen molar-refractivity contribution >= 4 is 35.0 Å². The molecule has 2 atom stereocenters. The van der Waals surface area contributed by atoms with Crippen LogP contribution < -0.4 is 15.0 Å². The van der Waals surface area contributed by atoms with Gasteiger partial charge >= 0.3 is 0 Å². The molecule has 2 unspecified atom stereocenters. The molecule has 0 radical (unpaired) electrons. The van der Waals surface area contributed by atoms with Crippen LogP contribution in [-0.4, -0.2) is 44.4 Å². The molecule has 0 aromatic heterocycles. The Morgan fingerprint density at radius 1 is 1.27 bits per heavy atom. The first-order chi connectivity index (χ1) is 12.5. The zero-order valence-corrected chi connectivity index (χ0v) is 16.2. The van der Waals surface area contributed by atoms with Crippen molar-refractivity contribution in [1.29, 1.82) is 0 Å². The Labute approximate surface area is 162 Å². The Kier molecular flexibility index (Phi) is 6.09. The number of hydrogen-bond acceptors (Lipinski definition) is 5. The van der Waals surface area contributed by atoms with Gasteiger partial charge in [0.25, 0.3) is 5.91 Å². The van der Waals surface area contributed by atoms with E-state index in [2.05, 4.69) is 5.32 Å². The van der Waals surface area contributed by atoms with Gasteiger partial charge in [-0.25, -0.2) is 0 Å². The quantitative estimate of drug-likeness (QED) is 0.818. The third kappa shape index (κ3) is 3.83. The molecular formula is C19H21ClN2O3S. The van der Waals surface area contributed by atoms with Crippen LogP contribution in [0.25, 0.3) is 0 Å². The van der Waals surface area contributed by atoms with Crippen LogP contribution in [0.2, 0.25) is 5.02 Å². The second kappa shape index (κ2) is 8.31. The average Bonchev–Trinajstić information content (AvgIpc) is 2.76. The minimum atomic E-state index is -1.16. The summed E-state index contributed by atoms with van der Waals surface area (Å²) < 4.78 is 5.19. The number of likely N-dealkylation sites (N-methyl/N-ethyl adjacent to an activating group) is 1. The van der Waals surface area contributed by atoms with Crippen LogP contribution in [0.3, 0.4) is 0 Å². The molecule has 26 heavy (non-hydrogen) atoms. The van der Waals surface area contributed by atoms with Gasteiger partial charge in [0.15, 0.2) is 0 Å². The molecular weight excluding hydrogens is 372 g/mol. The topological polar surface area (TPSA) is 61.8 Å². The number of carbonyl (C=O) groups excluding carboxylic acids is 1. The van der Waals surface area contributed by atoms with Gasteiger partial charge in [-0.05, 0) is 42.9 Å². The van der Waals surface area contributed by atoms with E-state index in [0.29, 0.717) is 18.1 Å². The lowest BCUT2D eigenvalue weighted by Gasteiger charge is -2.25. The number of carbonyl (C=O) groups is 1. The van der Waals surface area contributed by atoms with E-state index in [1.165, 1.54) is 11.8 Å². The number of hydrogen-bond donors (Lipinski definition) is 2. The highest BCUT2D eigenvalue weighted by molar-refractivity contribution is 7.99. The monoisotopic (exact) mass is 392 g/mol. The third-order valence-electron chi connectivity index (χ3n) is 4.30. The van der Waals surface area contributed by atoms with Crippen LogP contribution in [0.1, 0.15) is 10.8 Å². The fourth-order valence-corrected chi connectivity index (χ4v) is 4.46. The summed E-state index contributed by atoms with van der Waals surface area (Å²) in [5, 5.41) is 14.0. The number of aliphatic hydroxyl groups is 1. The van der Waals surface area contributed by atoms with Gasteiger partial charge in [0.2, 0.25) is 0 Å². The average molecular weight is 393 g/mol. The Morgan fingerprint density at radius 2 is 2.00 bits per heavy atom. The lowest BCUT2D eigenvalue weighted by Crippen LogP contribution is -2.43. The Balaban J connectivity index is 2.02. The normalized spacial score (nSPS) is 19.8. The van der Waals surface area contributed by atoms with Crippen molar-refractivity contribution < 1.29 is 14.6 Å². The zero-order chi connectivity index (χ0) is 18.7. The zero-order valence-electron chi connectivity index (χ0n) is 14.6. The molecule has 3 rings (SSSR count). The van der Waals surface area contributed by atoms with Crippen molar-refractivity contribution in [3.05, 3.63) is 53.1 Å². The number of rotatable bonds is 5. The number of nitrogens with one attached hydrogen (secondary N) is 1. The molecule has 0 bridgehead atoms. The second-order valence-corrected chi connectivity index (χ2v) is 7.58. The number of halogens is 1. The van der Waals surface area contributed by atoms with Crippen molar-refractivity contribution in [1.82, 2.24) is 5.32 Å². The summed E-state index contributed by atoms with van der Waals surface area (Å²) in [6.45, 7) is 1.09. The first-order valence-electron chi connectivity index (χ1n) is 8.29. The van der Waals surface area contributed by atoms with E-state index >= 15 is 0 Å². The van der Waals surface area contributed by atoms with Crippen molar-refractivity contribution in [3.63, 3.8) is 0 Å². The summed E-state index contributed by atoms with van der Waals surface area (Å²) in [5.41, 5.74) is 1.63. The van der Waals surface area contributed by atoms with E-state index in [4.69, 9.17) is 16.3 Å². The molecule has 2 aromatic carbocycles. The van der Waals surface area contributed by atoms with Crippen molar-refractivity contribution in [2.24, 2.45) is 0 Å². The molecule has 2 N–H and O–H groups in total. The summed E-state index contributed by atoms with van der Waals surface area (Å²) in [5.74, 6) is 0.418. The summed E-state index contributed by atoms with van der Waals surface area (Å²) in [6, 6.07) is 12.9. The molecule has 0 aliphatic carbocycles. The maximum Gasteiger partial charge on any atom is 0.257 e. The fourth-order valence-electron chi connectivity index (χ4n) is 2.91. The number of anilines is 1. The van der Waals surface area contributed by atoms with E-state index in [1.807, 2.05) is 43.4 Å². The number of thioether (sulfide) groups is 1. The van der Waals surface area contributed by atoms with Crippen LogP contribution >= 0.6 is 23.4 Å². The van der Waals surface area contributed by atoms with Crippen molar-refractivity contribution in [3.8, 4) is 5.75 Å². The molecule has 1 aliphatic heterocycles. The predicted octanol–water partition coefficient (Wildman–Crippen LogP) is 3.11. The molecule has 1 heterocycles. The van der Waals surface area contributed by atoms with Crippen LogP contribution in [0.4, 0.5) is 5.69 Å². The maximum atomic E-state index is 13.0. The van der Waals surface area contributed by atoms with E-state index in [0.717, 1.165) is 21.9 Å². The van der Waals surface area contributed by atoms with Gasteiger partial charge in [-0.2, -0.15) is 0 Å². The highest BCUT2D eigenvalue weighted by Gasteiger charge is 2.37. The largest absolute Gasteiger partial charge is 0.497 e. The van der Waals surface area contributed by atoms with Crippen LogP contribution in [0.15, 0.2) is 47.4 Å². The van der Waals surface area contributed by atoms with Crippen LogP contribution in [0, 0.1) is 0 Å². The molecule has 0 saturated heterocycles. The molecule has 0 fully saturated rings. The maximum absolute atomic E-state index is 13.0. The first kappa shape index (κ1) is 19.0. The van der Waals surface area contributed by atoms with Gasteiger partial charge in [0, 0.05) is 23.0 Å². The summed E-state index contributed by atoms with van der Waals surface area (Å²) in [6.07, 6.45) is -1.16. The van der Waals surface area contributed by atoms with E-state index in [-0.39, 0.29) is 5.91 Å². The number of nitrogens with zero attached hydrogens (tertiary/aromatic N) is 1. The smallest absolute Gasteiger partial charge is 0.257 e. The molecule has 0 spiro atoms. The molecule has 1 aliphatic rings. The Morgan fingerprint density at radius 3 is 2.65 bits per heavy atom. The Hall–Kier alpha value is -1.73. The molecule has 1 amide bonds. The number of aliphatic hydroxyl groups excluding tert-OH is 1. The van der Waals surface area contributed by atoms with Gasteiger partial charge in [0.1, 0.15) is 11.9 Å². The van der Waals surface area contributed by atoms with Gasteiger partial charge in [-0.15, -0.1) is 11.8 Å². The van der Waals surface area contributed by atoms with Gasteiger partial charge in [-0.3, -0.25) is 4.79 Å². The molecule has 2 aromatic rings. The third-order valence-corrected chi connectivity index (χ3v) is 5.90. The highest BCUT2D eigenvalue weighted by atomic mass is 35.5. The van der Waals surface area contributed by atoms with Gasteiger partial charge in [-0.1, -0.05) is 23.7 Å². The van der Waals surface area contributed by atoms with Crippen LogP contribution in [0.5, 0.6) is 5.75 Å². The minimum absolute atomic E-state index is 0.311. The number of methoxy groups -OCH3 is 1. The number of ether oxygens (including phenoxy) is 1. The number of amides is 1.